The molecular formula is C57H63F6N33O24P6S9. The molecule has 21 N–H and O–H groups in total. The van der Waals surface area contributed by atoms with E-state index in [0.29, 0.717) is 0 Å². The number of halogens is 6. The Kier molecular flexibility index (Phi) is 26.6. The highest BCUT2D eigenvalue weighted by atomic mass is 32.5. The molecular weight excluding hydrogens is 2120 g/mol. The Morgan fingerprint density at radius 3 is 0.844 bits per heavy atom. The molecule has 0 radical (unpaired) electrons. The van der Waals surface area contributed by atoms with Gasteiger partial charge in [-0.1, -0.05) is 15.6 Å². The van der Waals surface area contributed by atoms with E-state index in [0.717, 1.165) is 68.3 Å². The average molecular weight is 2180 g/mol. The van der Waals surface area contributed by atoms with Crippen molar-refractivity contribution in [3.05, 3.63) is 69.0 Å². The lowest BCUT2D eigenvalue weighted by molar-refractivity contribution is -0.0441. The summed E-state index contributed by atoms with van der Waals surface area (Å²) in [7, 11) is 0. The minimum absolute atomic E-state index is 0.0496. The summed E-state index contributed by atoms with van der Waals surface area (Å²) >= 11 is 33.7. The summed E-state index contributed by atoms with van der Waals surface area (Å²) in [6.45, 7) is -29.3. The molecule has 9 aliphatic rings. The molecule has 78 heteroatoms. The average Bonchev–Trinajstić information content (AvgIpc) is 1.63. The van der Waals surface area contributed by atoms with Crippen LogP contribution in [0, 0.1) is 0 Å². The molecule has 30 atom stereocenters. The van der Waals surface area contributed by atoms with Crippen LogP contribution in [-0.2, 0) is 139 Å². The number of aromatic nitrogens is 27. The largest absolute Gasteiger partial charge is 0.382 e. The van der Waals surface area contributed by atoms with Gasteiger partial charge < -0.3 is 105 Å². The summed E-state index contributed by atoms with van der Waals surface area (Å²) in [6, 6.07) is 0. The summed E-state index contributed by atoms with van der Waals surface area (Å²) in [4.78, 5) is 158. The number of rotatable bonds is 6. The van der Waals surface area contributed by atoms with Crippen molar-refractivity contribution in [3.8, 4) is 0 Å². The number of hydrogen-bond acceptors (Lipinski definition) is 51. The summed E-state index contributed by atoms with van der Waals surface area (Å²) in [5.74, 6) is -0.603. The molecule has 12 aromatic rings. The van der Waals surface area contributed by atoms with Crippen molar-refractivity contribution in [2.75, 3.05) is 74.0 Å². The molecule has 21 rings (SSSR count). The molecule has 9 aliphatic heterocycles. The van der Waals surface area contributed by atoms with Crippen LogP contribution in [0.5, 0.6) is 0 Å². The zero-order chi connectivity index (χ0) is 95.5. The number of nitrogen functional groups attached to an aromatic ring is 6. The Labute approximate surface area is 786 Å². The molecule has 12 aromatic heterocycles. The Balaban J connectivity index is 0.000000130. The van der Waals surface area contributed by atoms with Gasteiger partial charge in [-0.2, -0.15) is 15.0 Å². The van der Waals surface area contributed by atoms with E-state index < -0.39 is 239 Å². The van der Waals surface area contributed by atoms with E-state index in [2.05, 4.69) is 106 Å². The van der Waals surface area contributed by atoms with Crippen molar-refractivity contribution in [1.29, 1.82) is 0 Å². The molecule has 726 valence electrons. The van der Waals surface area contributed by atoms with Crippen LogP contribution in [0.1, 0.15) is 34.8 Å². The fraction of sp³-hybridized carbons (Fsp3) is 0.526. The highest BCUT2D eigenvalue weighted by Crippen LogP contribution is 2.62. The number of nitrogens with one attached hydrogen (secondary N) is 3. The van der Waals surface area contributed by atoms with Crippen molar-refractivity contribution in [2.24, 2.45) is 0 Å². The summed E-state index contributed by atoms with van der Waals surface area (Å²) in [6.07, 6.45) is -22.5. The number of imidazole rings is 3. The van der Waals surface area contributed by atoms with Crippen LogP contribution >= 0.6 is 75.6 Å². The third kappa shape index (κ3) is 19.0. The SMILES string of the molecule is Nc1nc2c(nnn2[C@@H]2S[C@@H]3COP(O)(=S)O[C@H]4[C@H](F)[C@H](n5cnc6c(N)ncnc65)O[C@@H]4COP(O)(=S)O[C@@H]2[C@@H]3F)c(=O)[nH]1.Nc1nc2c(nnn2[C@@H]2S[C@@H]3COP(O)(=S)O[C@H]4[C@H](F)[C@H](n5cnc6c(N)ncnc65)O[C@@H]4COP(O)(=S)O[C@@H]2[C@@H]3F)c(=O)[nH]1.Nc1nc2c(nnn2[C@@H]2S[C@@H]3COP(O)(=S)O[C@H]4[C@H](F)[C@H](n5cnc6c(N)ncnc65)O[C@@H]4COP(O)(=S)O[C@@H]2[C@@H]3F)c(=O)[nH]1. The Morgan fingerprint density at radius 1 is 0.341 bits per heavy atom. The number of thioether (sulfide) groups is 3. The fourth-order valence-electron chi connectivity index (χ4n) is 15.3. The predicted molar refractivity (Wildman–Crippen MR) is 477 cm³/mol. The zero-order valence-electron chi connectivity index (χ0n) is 66.4. The highest BCUT2D eigenvalue weighted by Gasteiger charge is 2.59. The topological polar surface area (TPSA) is 776 Å². The predicted octanol–water partition coefficient (Wildman–Crippen LogP) is -0.128. The van der Waals surface area contributed by atoms with Gasteiger partial charge in [0.2, 0.25) is 17.8 Å². The van der Waals surface area contributed by atoms with Crippen molar-refractivity contribution >= 4 is 249 Å². The molecule has 0 spiro atoms. The molecule has 21 heterocycles. The molecule has 57 nitrogen and oxygen atoms in total. The molecule has 6 bridgehead atoms. The zero-order valence-corrected chi connectivity index (χ0v) is 79.1. The summed E-state index contributed by atoms with van der Waals surface area (Å²) < 4.78 is 187. The maximum atomic E-state index is 16.0. The van der Waals surface area contributed by atoms with E-state index in [1.807, 2.05) is 0 Å². The van der Waals surface area contributed by atoms with Crippen molar-refractivity contribution < 1.29 is 124 Å². The first kappa shape index (κ1) is 96.8. The second-order valence-electron chi connectivity index (χ2n) is 29.8. The normalized spacial score (nSPS) is 37.7. The number of H-pyrrole nitrogens is 3. The van der Waals surface area contributed by atoms with Crippen LogP contribution < -0.4 is 51.1 Å². The third-order valence-corrected chi connectivity index (χ3v) is 35.1. The first-order chi connectivity index (χ1) is 63.9. The van der Waals surface area contributed by atoms with Crippen LogP contribution in [0.2, 0.25) is 0 Å². The first-order valence-electron chi connectivity index (χ1n) is 38.3. The number of aromatic amines is 3. The van der Waals surface area contributed by atoms with Gasteiger partial charge in [0.05, 0.1) is 74.4 Å². The van der Waals surface area contributed by atoms with Crippen molar-refractivity contribution in [1.82, 2.24) is 133 Å². The maximum Gasteiger partial charge on any atom is 0.325 e. The number of anilines is 6. The minimum Gasteiger partial charge on any atom is -0.382 e. The Hall–Kier alpha value is -7.02. The lowest BCUT2D eigenvalue weighted by Crippen LogP contribution is -2.34. The highest BCUT2D eigenvalue weighted by molar-refractivity contribution is 8.09. The van der Waals surface area contributed by atoms with Crippen LogP contribution in [0.25, 0.3) is 67.0 Å². The molecule has 135 heavy (non-hydrogen) atoms. The van der Waals surface area contributed by atoms with Crippen LogP contribution in [-0.4, -0.2) is 310 Å². The number of hydrogen-bond donors (Lipinski definition) is 15. The van der Waals surface area contributed by atoms with E-state index in [4.69, 9.17) is 174 Å². The van der Waals surface area contributed by atoms with E-state index in [1.54, 1.807) is 0 Å². The van der Waals surface area contributed by atoms with Gasteiger partial charge in [-0.3, -0.25) is 70.2 Å². The summed E-state index contributed by atoms with van der Waals surface area (Å²) in [5.41, 5.74) is 32.7. The Bertz CT molecular complexity index is 6510. The fourth-order valence-corrected chi connectivity index (χ4v) is 28.7. The number of fused-ring (bicyclic) bond motifs is 15. The number of nitrogens with zero attached hydrogens (tertiary/aromatic N) is 24. The Morgan fingerprint density at radius 2 is 0.585 bits per heavy atom. The summed E-state index contributed by atoms with van der Waals surface area (Å²) in [5, 5.41) is 16.4. The minimum atomic E-state index is -4.31. The molecule has 9 saturated heterocycles. The quantitative estimate of drug-likeness (QED) is 0.0762. The lowest BCUT2D eigenvalue weighted by Gasteiger charge is -2.27. The van der Waals surface area contributed by atoms with Crippen molar-refractivity contribution in [2.45, 2.75) is 143 Å². The van der Waals surface area contributed by atoms with Gasteiger partial charge in [-0.25, -0.2) is 85.2 Å². The number of nitrogens with two attached hydrogens (primary N) is 6. The van der Waals surface area contributed by atoms with Gasteiger partial charge in [0.1, 0.15) is 125 Å². The molecule has 0 saturated carbocycles. The smallest absolute Gasteiger partial charge is 0.325 e. The molecule has 0 amide bonds. The maximum absolute atomic E-state index is 16.0. The third-order valence-electron chi connectivity index (χ3n) is 21.3. The van der Waals surface area contributed by atoms with Gasteiger partial charge in [0, 0.05) is 0 Å². The molecule has 6 unspecified atom stereocenters. The molecule has 0 aromatic carbocycles. The lowest BCUT2D eigenvalue weighted by atomic mass is 10.1. The van der Waals surface area contributed by atoms with Crippen LogP contribution in [0.3, 0.4) is 0 Å². The number of alkyl halides is 6. The van der Waals surface area contributed by atoms with Gasteiger partial charge in [-0.15, -0.1) is 50.6 Å². The van der Waals surface area contributed by atoms with Gasteiger partial charge in [0.15, 0.2) is 105 Å². The first-order valence-corrected chi connectivity index (χ1v) is 56.7. The number of ether oxygens (including phenoxy) is 3. The molecule has 9 fully saturated rings. The second-order valence-corrected chi connectivity index (χ2v) is 50.6. The second kappa shape index (κ2) is 37.1. The van der Waals surface area contributed by atoms with Gasteiger partial charge in [-0.05, 0) is 70.8 Å². The van der Waals surface area contributed by atoms with Crippen LogP contribution in [0.4, 0.5) is 61.6 Å². The van der Waals surface area contributed by atoms with Gasteiger partial charge in [0.25, 0.3) is 16.7 Å². The van der Waals surface area contributed by atoms with Crippen molar-refractivity contribution in [3.63, 3.8) is 0 Å². The molecule has 0 aliphatic carbocycles. The monoisotopic (exact) mass is 2180 g/mol. The standard InChI is InChI=1S/3C19H21F2N11O8P2S3/c3*20-7-6-2-37-42(35,44)39-11-5(38-17(8(11)21)31-4-26-9-13(22)24-3-25-14(9)31)1-36-41(34,43)40-12(7)18(45-6)32-15-10(29-30-32)16(33)28-19(23)27-15/h3*3-8,11-12,17-18H,1-2H2,(H,34,43)(H,35,44)(H2,22,24,25)(H3,23,27,28,33)/t3*5-,6-,7-,8+,11-,12-,17-,18-,41?,42?/m111/s1. The van der Waals surface area contributed by atoms with E-state index in [-0.39, 0.29) is 102 Å². The van der Waals surface area contributed by atoms with E-state index in [1.165, 1.54) is 32.7 Å². The van der Waals surface area contributed by atoms with Crippen LogP contribution in [0.15, 0.2) is 52.3 Å². The van der Waals surface area contributed by atoms with Gasteiger partial charge >= 0.3 is 40.3 Å². The van der Waals surface area contributed by atoms with E-state index >= 15 is 26.3 Å². The van der Waals surface area contributed by atoms with E-state index in [9.17, 15) is 43.7 Å².